The lowest BCUT2D eigenvalue weighted by molar-refractivity contribution is 0.195. The Bertz CT molecular complexity index is 437. The van der Waals surface area contributed by atoms with Gasteiger partial charge in [0, 0.05) is 25.3 Å². The van der Waals surface area contributed by atoms with Crippen molar-refractivity contribution in [1.29, 1.82) is 0 Å². The summed E-state index contributed by atoms with van der Waals surface area (Å²) in [6, 6.07) is 7.54. The summed E-state index contributed by atoms with van der Waals surface area (Å²) in [6.07, 6.45) is 0.792. The topological polar surface area (TPSA) is 52.9 Å². The molecular weight excluding hydrogens is 254 g/mol. The van der Waals surface area contributed by atoms with E-state index in [1.165, 1.54) is 0 Å². The Balaban J connectivity index is 2.41. The molecule has 0 bridgehead atoms. The van der Waals surface area contributed by atoms with E-state index in [1.807, 2.05) is 24.3 Å². The zero-order chi connectivity index (χ0) is 14.6. The Morgan fingerprint density at radius 1 is 1.25 bits per heavy atom. The third-order valence-electron chi connectivity index (χ3n) is 2.90. The average Bonchev–Trinajstić information content (AvgIpc) is 2.49. The quantitative estimate of drug-likeness (QED) is 0.699. The number of aliphatic hydroxyl groups is 2. The van der Waals surface area contributed by atoms with Crippen LogP contribution in [0.15, 0.2) is 24.3 Å². The normalized spacial score (nSPS) is 10.2. The standard InChI is InChI=1S/C16H23NO3/c1-2-17(9-5-12-19)10-13-20-16-8-3-6-15(14-16)7-4-11-18/h3,6,8,14,18-19H,2,5,9-13H2,1H3. The van der Waals surface area contributed by atoms with Crippen molar-refractivity contribution >= 4 is 0 Å². The van der Waals surface area contributed by atoms with Crippen LogP contribution in [-0.2, 0) is 0 Å². The van der Waals surface area contributed by atoms with Crippen LogP contribution in [0.3, 0.4) is 0 Å². The van der Waals surface area contributed by atoms with E-state index >= 15 is 0 Å². The molecule has 0 saturated carbocycles. The largest absolute Gasteiger partial charge is 0.492 e. The maximum Gasteiger partial charge on any atom is 0.120 e. The predicted molar refractivity (Wildman–Crippen MR) is 79.7 cm³/mol. The molecule has 1 rings (SSSR count). The molecule has 2 N–H and O–H groups in total. The first-order valence-corrected chi connectivity index (χ1v) is 6.96. The Labute approximate surface area is 121 Å². The zero-order valence-electron chi connectivity index (χ0n) is 12.0. The van der Waals surface area contributed by atoms with E-state index in [4.69, 9.17) is 14.9 Å². The van der Waals surface area contributed by atoms with Crippen LogP contribution in [0.5, 0.6) is 5.75 Å². The number of ether oxygens (including phenoxy) is 1. The number of benzene rings is 1. The van der Waals surface area contributed by atoms with Crippen molar-refractivity contribution in [2.75, 3.05) is 39.5 Å². The van der Waals surface area contributed by atoms with Crippen molar-refractivity contribution in [2.24, 2.45) is 0 Å². The van der Waals surface area contributed by atoms with Gasteiger partial charge >= 0.3 is 0 Å². The minimum atomic E-state index is -0.137. The molecule has 110 valence electrons. The molecule has 0 saturated heterocycles. The highest BCUT2D eigenvalue weighted by molar-refractivity contribution is 5.39. The van der Waals surface area contributed by atoms with Gasteiger partial charge in [0.25, 0.3) is 0 Å². The van der Waals surface area contributed by atoms with Gasteiger partial charge in [0.2, 0.25) is 0 Å². The van der Waals surface area contributed by atoms with Gasteiger partial charge in [-0.2, -0.15) is 0 Å². The Morgan fingerprint density at radius 3 is 2.80 bits per heavy atom. The van der Waals surface area contributed by atoms with Gasteiger partial charge < -0.3 is 19.8 Å². The second-order valence-electron chi connectivity index (χ2n) is 4.35. The lowest BCUT2D eigenvalue weighted by Gasteiger charge is -2.19. The average molecular weight is 277 g/mol. The van der Waals surface area contributed by atoms with Crippen LogP contribution in [0.4, 0.5) is 0 Å². The van der Waals surface area contributed by atoms with Crippen LogP contribution in [0.25, 0.3) is 0 Å². The van der Waals surface area contributed by atoms with Crippen molar-refractivity contribution in [3.63, 3.8) is 0 Å². The molecule has 0 aliphatic heterocycles. The van der Waals surface area contributed by atoms with E-state index < -0.39 is 0 Å². The van der Waals surface area contributed by atoms with Gasteiger partial charge in [0.1, 0.15) is 19.0 Å². The monoisotopic (exact) mass is 277 g/mol. The first-order chi connectivity index (χ1) is 9.80. The lowest BCUT2D eigenvalue weighted by Crippen LogP contribution is -2.29. The number of aliphatic hydroxyl groups excluding tert-OH is 2. The summed E-state index contributed by atoms with van der Waals surface area (Å²) in [4.78, 5) is 2.24. The Hall–Kier alpha value is -1.54. The molecule has 0 aliphatic carbocycles. The van der Waals surface area contributed by atoms with E-state index in [2.05, 4.69) is 23.7 Å². The van der Waals surface area contributed by atoms with Gasteiger partial charge in [-0.3, -0.25) is 0 Å². The second kappa shape index (κ2) is 10.3. The van der Waals surface area contributed by atoms with Crippen molar-refractivity contribution in [2.45, 2.75) is 13.3 Å². The Morgan fingerprint density at radius 2 is 2.10 bits per heavy atom. The first kappa shape index (κ1) is 16.5. The highest BCUT2D eigenvalue weighted by Crippen LogP contribution is 2.12. The smallest absolute Gasteiger partial charge is 0.120 e. The molecule has 1 aromatic carbocycles. The van der Waals surface area contributed by atoms with E-state index in [0.717, 1.165) is 37.4 Å². The number of hydrogen-bond acceptors (Lipinski definition) is 4. The highest BCUT2D eigenvalue weighted by atomic mass is 16.5. The summed E-state index contributed by atoms with van der Waals surface area (Å²) in [5.41, 5.74) is 0.837. The number of likely N-dealkylation sites (N-methyl/N-ethyl adjacent to an activating group) is 1. The van der Waals surface area contributed by atoms with Gasteiger partial charge in [-0.25, -0.2) is 0 Å². The molecule has 0 aromatic heterocycles. The predicted octanol–water partition coefficient (Wildman–Crippen LogP) is 1.11. The molecule has 4 heteroatoms. The number of nitrogens with zero attached hydrogens (tertiary/aromatic N) is 1. The molecule has 1 aromatic rings. The van der Waals surface area contributed by atoms with Gasteiger partial charge in [-0.15, -0.1) is 0 Å². The summed E-state index contributed by atoms with van der Waals surface area (Å²) >= 11 is 0. The second-order valence-corrected chi connectivity index (χ2v) is 4.35. The minimum Gasteiger partial charge on any atom is -0.492 e. The van der Waals surface area contributed by atoms with Crippen LogP contribution in [0.1, 0.15) is 18.9 Å². The molecule has 0 spiro atoms. The number of hydrogen-bond donors (Lipinski definition) is 2. The fourth-order valence-electron chi connectivity index (χ4n) is 1.82. The summed E-state index contributed by atoms with van der Waals surface area (Å²) < 4.78 is 5.70. The summed E-state index contributed by atoms with van der Waals surface area (Å²) in [5.74, 6) is 6.26. The Kier molecular flexibility index (Phi) is 8.48. The highest BCUT2D eigenvalue weighted by Gasteiger charge is 2.02. The molecule has 0 unspecified atom stereocenters. The minimum absolute atomic E-state index is 0.137. The zero-order valence-corrected chi connectivity index (χ0v) is 12.0. The van der Waals surface area contributed by atoms with Gasteiger partial charge in [-0.05, 0) is 31.2 Å². The van der Waals surface area contributed by atoms with Crippen molar-refractivity contribution in [3.8, 4) is 17.6 Å². The van der Waals surface area contributed by atoms with Crippen LogP contribution in [0.2, 0.25) is 0 Å². The molecule has 20 heavy (non-hydrogen) atoms. The maximum atomic E-state index is 8.83. The molecule has 4 nitrogen and oxygen atoms in total. The van der Waals surface area contributed by atoms with Crippen LogP contribution in [0, 0.1) is 11.8 Å². The molecule has 0 fully saturated rings. The SMILES string of the molecule is CCN(CCCO)CCOc1cccc(C#CCO)c1. The fraction of sp³-hybridized carbons (Fsp3) is 0.500. The van der Waals surface area contributed by atoms with Crippen LogP contribution >= 0.6 is 0 Å². The molecular formula is C16H23NO3. The van der Waals surface area contributed by atoms with E-state index in [9.17, 15) is 0 Å². The number of rotatable bonds is 8. The van der Waals surface area contributed by atoms with Gasteiger partial charge in [0.15, 0.2) is 0 Å². The summed E-state index contributed by atoms with van der Waals surface area (Å²) in [7, 11) is 0. The third kappa shape index (κ3) is 6.58. The van der Waals surface area contributed by atoms with Crippen LogP contribution in [-0.4, -0.2) is 54.6 Å². The fourth-order valence-corrected chi connectivity index (χ4v) is 1.82. The van der Waals surface area contributed by atoms with E-state index in [1.54, 1.807) is 0 Å². The van der Waals surface area contributed by atoms with Crippen molar-refractivity contribution in [3.05, 3.63) is 29.8 Å². The van der Waals surface area contributed by atoms with Crippen molar-refractivity contribution in [1.82, 2.24) is 4.90 Å². The van der Waals surface area contributed by atoms with Gasteiger partial charge in [-0.1, -0.05) is 24.8 Å². The van der Waals surface area contributed by atoms with Crippen molar-refractivity contribution < 1.29 is 14.9 Å². The molecule has 0 radical (unpaired) electrons. The summed E-state index contributed by atoms with van der Waals surface area (Å²) in [5, 5.41) is 17.5. The lowest BCUT2D eigenvalue weighted by atomic mass is 10.2. The maximum absolute atomic E-state index is 8.83. The van der Waals surface area contributed by atoms with E-state index in [-0.39, 0.29) is 13.2 Å². The first-order valence-electron chi connectivity index (χ1n) is 6.96. The molecule has 0 aliphatic rings. The third-order valence-corrected chi connectivity index (χ3v) is 2.90. The molecule has 0 atom stereocenters. The van der Waals surface area contributed by atoms with E-state index in [0.29, 0.717) is 6.61 Å². The van der Waals surface area contributed by atoms with Gasteiger partial charge in [0.05, 0.1) is 0 Å². The molecule has 0 amide bonds. The summed E-state index contributed by atoms with van der Waals surface area (Å²) in [6.45, 7) is 5.47. The molecule has 0 heterocycles. The van der Waals surface area contributed by atoms with Crippen LogP contribution < -0.4 is 4.74 Å².